The molecule has 0 radical (unpaired) electrons. The Morgan fingerprint density at radius 3 is 3.10 bits per heavy atom. The van der Waals surface area contributed by atoms with Gasteiger partial charge in [0.25, 0.3) is 0 Å². The predicted molar refractivity (Wildman–Crippen MR) is 108 cm³/mol. The predicted octanol–water partition coefficient (Wildman–Crippen LogP) is 1.53. The van der Waals surface area contributed by atoms with Gasteiger partial charge in [-0.25, -0.2) is 14.6 Å². The van der Waals surface area contributed by atoms with Gasteiger partial charge in [0.15, 0.2) is 5.65 Å². The van der Waals surface area contributed by atoms with Gasteiger partial charge in [0.2, 0.25) is 11.6 Å². The molecule has 0 aliphatic carbocycles. The normalized spacial score (nSPS) is 16.6. The van der Waals surface area contributed by atoms with E-state index in [1.165, 1.54) is 0 Å². The quantitative estimate of drug-likeness (QED) is 0.566. The number of carbonyl (C=O) groups excluding carboxylic acids is 1. The molecule has 1 atom stereocenters. The van der Waals surface area contributed by atoms with Gasteiger partial charge in [-0.1, -0.05) is 17.3 Å². The highest BCUT2D eigenvalue weighted by atomic mass is 16.1. The van der Waals surface area contributed by atoms with Crippen molar-refractivity contribution in [3.8, 4) is 0 Å². The summed E-state index contributed by atoms with van der Waals surface area (Å²) in [5.74, 6) is 0.767. The van der Waals surface area contributed by atoms with Crippen molar-refractivity contribution in [3.05, 3.63) is 48.3 Å². The monoisotopic (exact) mass is 388 g/mol. The molecule has 1 saturated heterocycles. The van der Waals surface area contributed by atoms with E-state index in [2.05, 4.69) is 36.6 Å². The number of aromatic nitrogens is 6. The van der Waals surface area contributed by atoms with E-state index in [1.54, 1.807) is 24.0 Å². The number of carbonyl (C=O) groups is 1. The van der Waals surface area contributed by atoms with Gasteiger partial charge in [0, 0.05) is 37.6 Å². The number of nitrogens with zero attached hydrogens (tertiary/aromatic N) is 7. The van der Waals surface area contributed by atoms with Crippen LogP contribution in [0, 0.1) is 0 Å². The van der Waals surface area contributed by atoms with Crippen molar-refractivity contribution in [2.75, 3.05) is 18.0 Å². The Morgan fingerprint density at radius 2 is 2.21 bits per heavy atom. The molecular formula is C20H20N8O. The van der Waals surface area contributed by atoms with Crippen molar-refractivity contribution in [3.63, 3.8) is 0 Å². The lowest BCUT2D eigenvalue weighted by atomic mass is 10.1. The van der Waals surface area contributed by atoms with E-state index in [4.69, 9.17) is 4.98 Å². The lowest BCUT2D eigenvalue weighted by molar-refractivity contribution is -0.119. The minimum atomic E-state index is -0.00810. The fourth-order valence-electron chi connectivity index (χ4n) is 3.78. The van der Waals surface area contributed by atoms with E-state index in [9.17, 15) is 4.79 Å². The number of nitrogens with one attached hydrogen (secondary N) is 1. The van der Waals surface area contributed by atoms with E-state index < -0.39 is 0 Å². The fraction of sp³-hybridized carbons (Fsp3) is 0.300. The van der Waals surface area contributed by atoms with Crippen LogP contribution in [-0.2, 0) is 11.3 Å². The summed E-state index contributed by atoms with van der Waals surface area (Å²) in [5, 5.41) is 12.4. The maximum Gasteiger partial charge on any atom is 0.221 e. The molecular weight excluding hydrogens is 368 g/mol. The van der Waals surface area contributed by atoms with E-state index >= 15 is 0 Å². The van der Waals surface area contributed by atoms with E-state index in [-0.39, 0.29) is 11.9 Å². The first-order valence-electron chi connectivity index (χ1n) is 9.58. The number of anilines is 1. The Morgan fingerprint density at radius 1 is 1.28 bits per heavy atom. The van der Waals surface area contributed by atoms with Crippen LogP contribution in [-0.4, -0.2) is 55.0 Å². The molecule has 9 heteroatoms. The average molecular weight is 388 g/mol. The molecule has 3 aromatic heterocycles. The summed E-state index contributed by atoms with van der Waals surface area (Å²) in [4.78, 5) is 27.0. The largest absolute Gasteiger partial charge is 0.353 e. The summed E-state index contributed by atoms with van der Waals surface area (Å²) in [5.41, 5.74) is 3.23. The number of amides is 1. The number of hydrogen-bond donors (Lipinski definition) is 1. The summed E-state index contributed by atoms with van der Waals surface area (Å²) in [6.45, 7) is 3.64. The number of hydrogen-bond acceptors (Lipinski definition) is 7. The third-order valence-electron chi connectivity index (χ3n) is 5.13. The van der Waals surface area contributed by atoms with Gasteiger partial charge >= 0.3 is 0 Å². The summed E-state index contributed by atoms with van der Waals surface area (Å²) in [7, 11) is 0. The molecule has 1 N–H and O–H groups in total. The van der Waals surface area contributed by atoms with Crippen LogP contribution in [0.1, 0.15) is 18.9 Å². The fourth-order valence-corrected chi connectivity index (χ4v) is 3.78. The molecule has 0 saturated carbocycles. The molecule has 1 aliphatic rings. The molecule has 1 aliphatic heterocycles. The Hall–Kier alpha value is -3.62. The van der Waals surface area contributed by atoms with Gasteiger partial charge in [0.05, 0.1) is 18.3 Å². The summed E-state index contributed by atoms with van der Waals surface area (Å²) < 4.78 is 1.77. The zero-order valence-electron chi connectivity index (χ0n) is 16.0. The maximum atomic E-state index is 11.3. The smallest absolute Gasteiger partial charge is 0.221 e. The van der Waals surface area contributed by atoms with Crippen LogP contribution in [0.5, 0.6) is 0 Å². The molecule has 4 aromatic rings. The summed E-state index contributed by atoms with van der Waals surface area (Å²) in [6.07, 6.45) is 4.40. The molecule has 29 heavy (non-hydrogen) atoms. The first-order valence-corrected chi connectivity index (χ1v) is 9.58. The minimum absolute atomic E-state index is 0.00810. The van der Waals surface area contributed by atoms with Crippen molar-refractivity contribution in [1.29, 1.82) is 0 Å². The Labute approximate surface area is 166 Å². The molecule has 1 amide bonds. The van der Waals surface area contributed by atoms with Gasteiger partial charge in [-0.05, 0) is 30.2 Å². The minimum Gasteiger partial charge on any atom is -0.353 e. The third kappa shape index (κ3) is 3.46. The van der Waals surface area contributed by atoms with Gasteiger partial charge in [0.1, 0.15) is 5.82 Å². The lowest BCUT2D eigenvalue weighted by Crippen LogP contribution is -2.35. The van der Waals surface area contributed by atoms with Crippen molar-refractivity contribution in [2.24, 2.45) is 0 Å². The van der Waals surface area contributed by atoms with E-state index in [0.717, 1.165) is 41.8 Å². The zero-order chi connectivity index (χ0) is 19.8. The second-order valence-electron chi connectivity index (χ2n) is 7.29. The second kappa shape index (κ2) is 7.08. The van der Waals surface area contributed by atoms with Gasteiger partial charge in [-0.3, -0.25) is 9.78 Å². The first kappa shape index (κ1) is 17.5. The van der Waals surface area contributed by atoms with Crippen LogP contribution in [0.2, 0.25) is 0 Å². The third-order valence-corrected chi connectivity index (χ3v) is 5.13. The molecule has 5 rings (SSSR count). The average Bonchev–Trinajstić information content (AvgIpc) is 3.34. The molecule has 0 spiro atoms. The maximum absolute atomic E-state index is 11.3. The van der Waals surface area contributed by atoms with Crippen molar-refractivity contribution < 1.29 is 4.79 Å². The first-order chi connectivity index (χ1) is 14.2. The van der Waals surface area contributed by atoms with Crippen molar-refractivity contribution in [2.45, 2.75) is 25.9 Å². The van der Waals surface area contributed by atoms with Gasteiger partial charge in [-0.15, -0.1) is 5.10 Å². The number of benzene rings is 1. The Balaban J connectivity index is 1.41. The molecule has 0 bridgehead atoms. The second-order valence-corrected chi connectivity index (χ2v) is 7.29. The van der Waals surface area contributed by atoms with Crippen LogP contribution >= 0.6 is 0 Å². The highest BCUT2D eigenvalue weighted by molar-refractivity contribution is 5.79. The van der Waals surface area contributed by atoms with E-state index in [0.29, 0.717) is 17.8 Å². The van der Waals surface area contributed by atoms with Crippen LogP contribution in [0.25, 0.3) is 22.2 Å². The summed E-state index contributed by atoms with van der Waals surface area (Å²) in [6, 6.07) is 10.3. The van der Waals surface area contributed by atoms with Gasteiger partial charge < -0.3 is 10.2 Å². The lowest BCUT2D eigenvalue weighted by Gasteiger charge is -2.17. The molecule has 0 unspecified atom stereocenters. The Bertz CT molecular complexity index is 1200. The standard InChI is InChI=1S/C20H20N8O/c1-13(29)23-16-6-8-27(12-16)18-10-22-19-20(24-18)28(26-25-19)11-14-4-5-17-15(9-14)3-2-7-21-17/h2-5,7,9-10,16H,6,8,11-12H2,1H3,(H,23,29)/t16-/m0/s1. The summed E-state index contributed by atoms with van der Waals surface area (Å²) >= 11 is 0. The van der Waals surface area contributed by atoms with Crippen LogP contribution in [0.15, 0.2) is 42.7 Å². The zero-order valence-corrected chi connectivity index (χ0v) is 16.0. The van der Waals surface area contributed by atoms with Crippen molar-refractivity contribution >= 4 is 33.9 Å². The molecule has 1 fully saturated rings. The van der Waals surface area contributed by atoms with Gasteiger partial charge in [-0.2, -0.15) is 0 Å². The molecule has 9 nitrogen and oxygen atoms in total. The highest BCUT2D eigenvalue weighted by Gasteiger charge is 2.25. The topological polar surface area (TPSA) is 102 Å². The van der Waals surface area contributed by atoms with Crippen molar-refractivity contribution in [1.82, 2.24) is 35.3 Å². The molecule has 4 heterocycles. The van der Waals surface area contributed by atoms with Crippen LogP contribution in [0.4, 0.5) is 5.82 Å². The molecule has 146 valence electrons. The van der Waals surface area contributed by atoms with E-state index in [1.807, 2.05) is 24.3 Å². The number of rotatable bonds is 4. The number of pyridine rings is 1. The highest BCUT2D eigenvalue weighted by Crippen LogP contribution is 2.20. The SMILES string of the molecule is CC(=O)N[C@H]1CCN(c2cnc3nnn(Cc4ccc5ncccc5c4)c3n2)C1. The van der Waals surface area contributed by atoms with Crippen LogP contribution < -0.4 is 10.2 Å². The van der Waals surface area contributed by atoms with Crippen LogP contribution in [0.3, 0.4) is 0 Å². The number of fused-ring (bicyclic) bond motifs is 2. The molecule has 1 aromatic carbocycles. The Kier molecular flexibility index (Phi) is 4.27.